The third kappa shape index (κ3) is 4.06. The van der Waals surface area contributed by atoms with Crippen molar-refractivity contribution in [3.05, 3.63) is 76.3 Å². The van der Waals surface area contributed by atoms with Gasteiger partial charge in [0, 0.05) is 17.5 Å². The van der Waals surface area contributed by atoms with E-state index >= 15 is 0 Å². The Balaban J connectivity index is 1.66. The van der Waals surface area contributed by atoms with Crippen molar-refractivity contribution >= 4 is 29.1 Å². The first-order valence-electron chi connectivity index (χ1n) is 8.05. The maximum atomic E-state index is 12.4. The Bertz CT molecular complexity index is 906. The van der Waals surface area contributed by atoms with Crippen LogP contribution in [-0.4, -0.2) is 27.2 Å². The molecular formula is C19H18Cl2N4O. The lowest BCUT2D eigenvalue weighted by molar-refractivity contribution is 0.0945. The number of hydrogen-bond donors (Lipinski definition) is 1. The van der Waals surface area contributed by atoms with Crippen molar-refractivity contribution in [1.82, 2.24) is 20.1 Å². The highest BCUT2D eigenvalue weighted by Gasteiger charge is 2.22. The van der Waals surface area contributed by atoms with E-state index in [1.54, 1.807) is 29.2 Å². The van der Waals surface area contributed by atoms with Crippen molar-refractivity contribution in [3.63, 3.8) is 0 Å². The lowest BCUT2D eigenvalue weighted by Gasteiger charge is -2.26. The summed E-state index contributed by atoms with van der Waals surface area (Å²) in [6.45, 7) is 4.55. The van der Waals surface area contributed by atoms with Crippen LogP contribution in [0.25, 0.3) is 5.69 Å². The van der Waals surface area contributed by atoms with Crippen LogP contribution in [0.4, 0.5) is 0 Å². The number of hydrogen-bond acceptors (Lipinski definition) is 3. The standard InChI is InChI=1S/C19H18Cl2N4O/c1-19(2,14-5-8-16(20)17(21)9-14)10-23-18(26)13-3-6-15(7-4-13)25-12-22-11-24-25/h3-9,11-12H,10H2,1-2H3,(H,23,26). The lowest BCUT2D eigenvalue weighted by Crippen LogP contribution is -2.36. The minimum absolute atomic E-state index is 0.136. The summed E-state index contributed by atoms with van der Waals surface area (Å²) in [5.74, 6) is -0.136. The average Bonchev–Trinajstić information content (AvgIpc) is 3.17. The normalized spacial score (nSPS) is 11.4. The maximum Gasteiger partial charge on any atom is 0.251 e. The number of nitrogens with one attached hydrogen (secondary N) is 1. The number of aromatic nitrogens is 3. The predicted octanol–water partition coefficient (Wildman–Crippen LogP) is 4.28. The highest BCUT2D eigenvalue weighted by molar-refractivity contribution is 6.42. The fourth-order valence-corrected chi connectivity index (χ4v) is 2.83. The summed E-state index contributed by atoms with van der Waals surface area (Å²) < 4.78 is 1.63. The molecule has 134 valence electrons. The van der Waals surface area contributed by atoms with Gasteiger partial charge in [0.2, 0.25) is 0 Å². The highest BCUT2D eigenvalue weighted by atomic mass is 35.5. The minimum atomic E-state index is -0.287. The third-order valence-corrected chi connectivity index (χ3v) is 4.94. The molecule has 0 aliphatic heterocycles. The van der Waals surface area contributed by atoms with Crippen LogP contribution in [0.3, 0.4) is 0 Å². The summed E-state index contributed by atoms with van der Waals surface area (Å²) >= 11 is 12.1. The largest absolute Gasteiger partial charge is 0.351 e. The van der Waals surface area contributed by atoms with Crippen LogP contribution in [0.5, 0.6) is 0 Å². The zero-order valence-electron chi connectivity index (χ0n) is 14.4. The van der Waals surface area contributed by atoms with Crippen molar-refractivity contribution in [2.24, 2.45) is 0 Å². The molecule has 1 amide bonds. The van der Waals surface area contributed by atoms with Gasteiger partial charge >= 0.3 is 0 Å². The van der Waals surface area contributed by atoms with E-state index < -0.39 is 0 Å². The Labute approximate surface area is 162 Å². The molecule has 1 heterocycles. The van der Waals surface area contributed by atoms with E-state index in [2.05, 4.69) is 15.4 Å². The molecule has 26 heavy (non-hydrogen) atoms. The molecule has 0 unspecified atom stereocenters. The first kappa shape index (κ1) is 18.4. The van der Waals surface area contributed by atoms with Crippen LogP contribution >= 0.6 is 23.2 Å². The predicted molar refractivity (Wildman–Crippen MR) is 103 cm³/mol. The van der Waals surface area contributed by atoms with Crippen LogP contribution < -0.4 is 5.32 Å². The van der Waals surface area contributed by atoms with Gasteiger partial charge in [-0.1, -0.05) is 43.1 Å². The molecule has 7 heteroatoms. The average molecular weight is 389 g/mol. The van der Waals surface area contributed by atoms with E-state index in [1.807, 2.05) is 38.1 Å². The lowest BCUT2D eigenvalue weighted by atomic mass is 9.84. The van der Waals surface area contributed by atoms with Crippen molar-refractivity contribution in [2.75, 3.05) is 6.54 Å². The highest BCUT2D eigenvalue weighted by Crippen LogP contribution is 2.29. The zero-order chi connectivity index (χ0) is 18.7. The first-order valence-corrected chi connectivity index (χ1v) is 8.81. The molecular weight excluding hydrogens is 371 g/mol. The van der Waals surface area contributed by atoms with Crippen LogP contribution in [0.1, 0.15) is 29.8 Å². The number of carbonyl (C=O) groups excluding carboxylic acids is 1. The number of halogens is 2. The number of rotatable bonds is 5. The van der Waals surface area contributed by atoms with E-state index in [1.165, 1.54) is 6.33 Å². The second-order valence-corrected chi connectivity index (χ2v) is 7.40. The summed E-state index contributed by atoms with van der Waals surface area (Å²) in [4.78, 5) is 16.4. The Morgan fingerprint density at radius 1 is 1.12 bits per heavy atom. The van der Waals surface area contributed by atoms with Gasteiger partial charge in [-0.2, -0.15) is 5.10 Å². The van der Waals surface area contributed by atoms with E-state index in [0.717, 1.165) is 11.3 Å². The molecule has 2 aromatic carbocycles. The fourth-order valence-electron chi connectivity index (χ4n) is 2.53. The van der Waals surface area contributed by atoms with Crippen LogP contribution in [0.2, 0.25) is 10.0 Å². The number of carbonyl (C=O) groups is 1. The number of amides is 1. The number of benzene rings is 2. The molecule has 5 nitrogen and oxygen atoms in total. The molecule has 1 N–H and O–H groups in total. The van der Waals surface area contributed by atoms with Gasteiger partial charge in [-0.25, -0.2) is 9.67 Å². The molecule has 0 atom stereocenters. The quantitative estimate of drug-likeness (QED) is 0.709. The third-order valence-electron chi connectivity index (χ3n) is 4.20. The Hall–Kier alpha value is -2.37. The van der Waals surface area contributed by atoms with Gasteiger partial charge < -0.3 is 5.32 Å². The summed E-state index contributed by atoms with van der Waals surface area (Å²) in [6.07, 6.45) is 3.07. The van der Waals surface area contributed by atoms with E-state index in [9.17, 15) is 4.79 Å². The molecule has 0 radical (unpaired) electrons. The van der Waals surface area contributed by atoms with Crippen molar-refractivity contribution < 1.29 is 4.79 Å². The van der Waals surface area contributed by atoms with Crippen LogP contribution in [-0.2, 0) is 5.41 Å². The SMILES string of the molecule is CC(C)(CNC(=O)c1ccc(-n2cncn2)cc1)c1ccc(Cl)c(Cl)c1. The molecule has 0 saturated heterocycles. The van der Waals surface area contributed by atoms with Gasteiger partial charge in [0.05, 0.1) is 15.7 Å². The van der Waals surface area contributed by atoms with E-state index in [0.29, 0.717) is 22.2 Å². The Morgan fingerprint density at radius 2 is 1.85 bits per heavy atom. The second kappa shape index (κ2) is 7.48. The van der Waals surface area contributed by atoms with Gasteiger partial charge in [-0.15, -0.1) is 0 Å². The fraction of sp³-hybridized carbons (Fsp3) is 0.211. The van der Waals surface area contributed by atoms with Crippen molar-refractivity contribution in [1.29, 1.82) is 0 Å². The van der Waals surface area contributed by atoms with Gasteiger partial charge in [-0.05, 0) is 42.0 Å². The summed E-state index contributed by atoms with van der Waals surface area (Å²) in [6, 6.07) is 12.7. The molecule has 0 fully saturated rings. The maximum absolute atomic E-state index is 12.4. The molecule has 0 bridgehead atoms. The van der Waals surface area contributed by atoms with Gasteiger partial charge in [0.15, 0.2) is 0 Å². The van der Waals surface area contributed by atoms with Gasteiger partial charge in [-0.3, -0.25) is 4.79 Å². The second-order valence-electron chi connectivity index (χ2n) is 6.58. The van der Waals surface area contributed by atoms with Crippen molar-refractivity contribution in [2.45, 2.75) is 19.3 Å². The topological polar surface area (TPSA) is 59.8 Å². The smallest absolute Gasteiger partial charge is 0.251 e. The molecule has 0 aliphatic carbocycles. The monoisotopic (exact) mass is 388 g/mol. The molecule has 0 saturated carbocycles. The molecule has 0 spiro atoms. The summed E-state index contributed by atoms with van der Waals surface area (Å²) in [7, 11) is 0. The Morgan fingerprint density at radius 3 is 2.46 bits per heavy atom. The number of nitrogens with zero attached hydrogens (tertiary/aromatic N) is 3. The molecule has 3 aromatic rings. The minimum Gasteiger partial charge on any atom is -0.351 e. The van der Waals surface area contributed by atoms with E-state index in [-0.39, 0.29) is 11.3 Å². The van der Waals surface area contributed by atoms with Gasteiger partial charge in [0.25, 0.3) is 5.91 Å². The summed E-state index contributed by atoms with van der Waals surface area (Å²) in [5.41, 5.74) is 2.15. The van der Waals surface area contributed by atoms with Crippen molar-refractivity contribution in [3.8, 4) is 5.69 Å². The summed E-state index contributed by atoms with van der Waals surface area (Å²) in [5, 5.41) is 8.06. The molecule has 0 aliphatic rings. The molecule has 1 aromatic heterocycles. The Kier molecular flexibility index (Phi) is 5.30. The first-order chi connectivity index (χ1) is 12.4. The van der Waals surface area contributed by atoms with Crippen LogP contribution in [0, 0.1) is 0 Å². The van der Waals surface area contributed by atoms with Gasteiger partial charge in [0.1, 0.15) is 12.7 Å². The van der Waals surface area contributed by atoms with Crippen LogP contribution in [0.15, 0.2) is 55.1 Å². The zero-order valence-corrected chi connectivity index (χ0v) is 15.9. The molecule has 3 rings (SSSR count). The van der Waals surface area contributed by atoms with E-state index in [4.69, 9.17) is 23.2 Å².